The molecule has 1 saturated heterocycles. The van der Waals surface area contributed by atoms with Crippen LogP contribution in [0.25, 0.3) is 0 Å². The summed E-state index contributed by atoms with van der Waals surface area (Å²) in [6.45, 7) is 6.28. The van der Waals surface area contributed by atoms with Crippen molar-refractivity contribution in [3.8, 4) is 0 Å². The molecule has 1 unspecified atom stereocenters. The summed E-state index contributed by atoms with van der Waals surface area (Å²) in [4.78, 5) is 2.56. The fourth-order valence-electron chi connectivity index (χ4n) is 2.78. The quantitative estimate of drug-likeness (QED) is 0.772. The Labute approximate surface area is 135 Å². The molecular formula is C14H22BrN3O2S. The summed E-state index contributed by atoms with van der Waals surface area (Å²) >= 11 is 3.30. The van der Waals surface area contributed by atoms with Crippen molar-refractivity contribution in [2.24, 2.45) is 0 Å². The van der Waals surface area contributed by atoms with E-state index in [0.717, 1.165) is 25.9 Å². The first kappa shape index (κ1) is 16.7. The number of anilines is 1. The Bertz CT molecular complexity index is 619. The molecular weight excluding hydrogens is 354 g/mol. The SMILES string of the molecule is CCN1CCCC1CNS(=O)(=O)c1cc(Br)cc(N)c1C. The van der Waals surface area contributed by atoms with Crippen molar-refractivity contribution >= 4 is 31.6 Å². The van der Waals surface area contributed by atoms with Gasteiger partial charge in [0.25, 0.3) is 0 Å². The van der Waals surface area contributed by atoms with Crippen LogP contribution in [0.3, 0.4) is 0 Å². The van der Waals surface area contributed by atoms with E-state index in [1.807, 2.05) is 0 Å². The van der Waals surface area contributed by atoms with Crippen molar-refractivity contribution in [2.45, 2.75) is 37.6 Å². The Kier molecular flexibility index (Phi) is 5.29. The smallest absolute Gasteiger partial charge is 0.240 e. The van der Waals surface area contributed by atoms with Gasteiger partial charge in [0.15, 0.2) is 0 Å². The van der Waals surface area contributed by atoms with E-state index in [0.29, 0.717) is 22.3 Å². The lowest BCUT2D eigenvalue weighted by Crippen LogP contribution is -2.40. The lowest BCUT2D eigenvalue weighted by atomic mass is 10.2. The highest BCUT2D eigenvalue weighted by Crippen LogP contribution is 2.26. The van der Waals surface area contributed by atoms with Gasteiger partial charge < -0.3 is 5.73 Å². The molecule has 21 heavy (non-hydrogen) atoms. The van der Waals surface area contributed by atoms with E-state index in [1.165, 1.54) is 0 Å². The molecule has 1 heterocycles. The van der Waals surface area contributed by atoms with Gasteiger partial charge in [0.1, 0.15) is 0 Å². The average Bonchev–Trinajstić information content (AvgIpc) is 2.88. The van der Waals surface area contributed by atoms with Crippen LogP contribution in [0.5, 0.6) is 0 Å². The number of hydrogen-bond acceptors (Lipinski definition) is 4. The zero-order chi connectivity index (χ0) is 15.6. The number of nitrogens with two attached hydrogens (primary N) is 1. The highest BCUT2D eigenvalue weighted by atomic mass is 79.9. The fraction of sp³-hybridized carbons (Fsp3) is 0.571. The Morgan fingerprint density at radius 1 is 1.48 bits per heavy atom. The maximum atomic E-state index is 12.5. The minimum atomic E-state index is -3.54. The van der Waals surface area contributed by atoms with E-state index in [-0.39, 0.29) is 10.9 Å². The summed E-state index contributed by atoms with van der Waals surface area (Å²) in [6, 6.07) is 3.60. The van der Waals surface area contributed by atoms with Gasteiger partial charge in [0, 0.05) is 22.7 Å². The zero-order valence-electron chi connectivity index (χ0n) is 12.4. The third-order valence-corrected chi connectivity index (χ3v) is 6.08. The predicted octanol–water partition coefficient (Wildman–Crippen LogP) is 2.10. The van der Waals surface area contributed by atoms with Crippen molar-refractivity contribution in [3.05, 3.63) is 22.2 Å². The van der Waals surface area contributed by atoms with Crippen molar-refractivity contribution in [3.63, 3.8) is 0 Å². The summed E-state index contributed by atoms with van der Waals surface area (Å²) in [6.07, 6.45) is 2.17. The molecule has 0 radical (unpaired) electrons. The number of hydrogen-bond donors (Lipinski definition) is 2. The second kappa shape index (κ2) is 6.64. The molecule has 1 fully saturated rings. The average molecular weight is 376 g/mol. The fourth-order valence-corrected chi connectivity index (χ4v) is 4.78. The summed E-state index contributed by atoms with van der Waals surface area (Å²) in [5, 5.41) is 0. The molecule has 5 nitrogen and oxygen atoms in total. The number of nitrogen functional groups attached to an aromatic ring is 1. The molecule has 3 N–H and O–H groups in total. The second-order valence-corrected chi connectivity index (χ2v) is 8.05. The van der Waals surface area contributed by atoms with Gasteiger partial charge in [0.2, 0.25) is 10.0 Å². The maximum absolute atomic E-state index is 12.5. The van der Waals surface area contributed by atoms with Gasteiger partial charge in [-0.25, -0.2) is 13.1 Å². The molecule has 0 aromatic heterocycles. The van der Waals surface area contributed by atoms with E-state index >= 15 is 0 Å². The standard InChI is InChI=1S/C14H22BrN3O2S/c1-3-18-6-4-5-12(18)9-17-21(19,20)14-8-11(15)7-13(16)10(14)2/h7-8,12,17H,3-6,9,16H2,1-2H3. The molecule has 7 heteroatoms. The number of sulfonamides is 1. The van der Waals surface area contributed by atoms with E-state index in [2.05, 4.69) is 32.5 Å². The Balaban J connectivity index is 2.16. The molecule has 0 saturated carbocycles. The largest absolute Gasteiger partial charge is 0.398 e. The highest BCUT2D eigenvalue weighted by Gasteiger charge is 2.26. The van der Waals surface area contributed by atoms with Gasteiger partial charge in [-0.05, 0) is 50.6 Å². The van der Waals surface area contributed by atoms with Crippen LogP contribution < -0.4 is 10.5 Å². The van der Waals surface area contributed by atoms with E-state index in [4.69, 9.17) is 5.73 Å². The Morgan fingerprint density at radius 3 is 2.86 bits per heavy atom. The minimum Gasteiger partial charge on any atom is -0.398 e. The van der Waals surface area contributed by atoms with Gasteiger partial charge >= 0.3 is 0 Å². The third-order valence-electron chi connectivity index (χ3n) is 4.07. The van der Waals surface area contributed by atoms with Crippen LogP contribution in [0.2, 0.25) is 0 Å². The third kappa shape index (κ3) is 3.77. The van der Waals surface area contributed by atoms with Crippen LogP contribution in [0.4, 0.5) is 5.69 Å². The van der Waals surface area contributed by atoms with Gasteiger partial charge in [0.05, 0.1) is 4.90 Å². The van der Waals surface area contributed by atoms with Crippen molar-refractivity contribution < 1.29 is 8.42 Å². The number of rotatable bonds is 5. The zero-order valence-corrected chi connectivity index (χ0v) is 14.8. The van der Waals surface area contributed by atoms with Gasteiger partial charge in [-0.15, -0.1) is 0 Å². The molecule has 1 aliphatic heterocycles. The Hall–Kier alpha value is -0.630. The normalized spacial score (nSPS) is 20.0. The topological polar surface area (TPSA) is 75.4 Å². The lowest BCUT2D eigenvalue weighted by molar-refractivity contribution is 0.268. The summed E-state index contributed by atoms with van der Waals surface area (Å²) in [5.74, 6) is 0. The molecule has 118 valence electrons. The molecule has 0 amide bonds. The molecule has 1 aromatic rings. The number of benzene rings is 1. The number of likely N-dealkylation sites (N-methyl/N-ethyl adjacent to an activating group) is 1. The van der Waals surface area contributed by atoms with Gasteiger partial charge in [-0.1, -0.05) is 22.9 Å². The van der Waals surface area contributed by atoms with Crippen LogP contribution >= 0.6 is 15.9 Å². The van der Waals surface area contributed by atoms with Gasteiger partial charge in [-0.3, -0.25) is 4.90 Å². The first-order valence-corrected chi connectivity index (χ1v) is 9.42. The Morgan fingerprint density at radius 2 is 2.19 bits per heavy atom. The van der Waals surface area contributed by atoms with Crippen LogP contribution in [0.1, 0.15) is 25.3 Å². The van der Waals surface area contributed by atoms with E-state index in [1.54, 1.807) is 19.1 Å². The van der Waals surface area contributed by atoms with Crippen molar-refractivity contribution in [1.29, 1.82) is 0 Å². The summed E-state index contributed by atoms with van der Waals surface area (Å²) in [5.41, 5.74) is 6.91. The van der Waals surface area contributed by atoms with Crippen molar-refractivity contribution in [1.82, 2.24) is 9.62 Å². The molecule has 0 bridgehead atoms. The molecule has 0 aliphatic carbocycles. The van der Waals surface area contributed by atoms with Crippen LogP contribution in [0.15, 0.2) is 21.5 Å². The monoisotopic (exact) mass is 375 g/mol. The second-order valence-electron chi connectivity index (χ2n) is 5.39. The summed E-state index contributed by atoms with van der Waals surface area (Å²) < 4.78 is 28.4. The first-order chi connectivity index (χ1) is 9.85. The molecule has 1 atom stereocenters. The lowest BCUT2D eigenvalue weighted by Gasteiger charge is -2.23. The first-order valence-electron chi connectivity index (χ1n) is 7.14. The summed E-state index contributed by atoms with van der Waals surface area (Å²) in [7, 11) is -3.54. The highest BCUT2D eigenvalue weighted by molar-refractivity contribution is 9.10. The number of halogens is 1. The number of nitrogens with one attached hydrogen (secondary N) is 1. The van der Waals surface area contributed by atoms with Crippen molar-refractivity contribution in [2.75, 3.05) is 25.4 Å². The minimum absolute atomic E-state index is 0.246. The van der Waals surface area contributed by atoms with Crippen LogP contribution in [-0.2, 0) is 10.0 Å². The number of nitrogens with zero attached hydrogens (tertiary/aromatic N) is 1. The molecule has 2 rings (SSSR count). The molecule has 1 aromatic carbocycles. The van der Waals surface area contributed by atoms with Gasteiger partial charge in [-0.2, -0.15) is 0 Å². The van der Waals surface area contributed by atoms with Crippen LogP contribution in [0, 0.1) is 6.92 Å². The molecule has 0 spiro atoms. The molecule has 1 aliphatic rings. The van der Waals surface area contributed by atoms with E-state index < -0.39 is 10.0 Å². The number of likely N-dealkylation sites (tertiary alicyclic amines) is 1. The maximum Gasteiger partial charge on any atom is 0.240 e. The van der Waals surface area contributed by atoms with E-state index in [9.17, 15) is 8.42 Å². The predicted molar refractivity (Wildman–Crippen MR) is 88.7 cm³/mol. The van der Waals surface area contributed by atoms with Crippen LogP contribution in [-0.4, -0.2) is 39.0 Å².